The Bertz CT molecular complexity index is 661. The molecule has 1 N–H and O–H groups in total. The Morgan fingerprint density at radius 1 is 1.38 bits per heavy atom. The van der Waals surface area contributed by atoms with Gasteiger partial charge in [0.15, 0.2) is 11.5 Å². The third kappa shape index (κ3) is 3.47. The molecule has 1 heterocycles. The van der Waals surface area contributed by atoms with E-state index in [0.29, 0.717) is 12.3 Å². The van der Waals surface area contributed by atoms with E-state index in [1.807, 2.05) is 0 Å². The lowest BCUT2D eigenvalue weighted by molar-refractivity contribution is 0.0784. The molecule has 0 saturated carbocycles. The van der Waals surface area contributed by atoms with Crippen molar-refractivity contribution in [2.45, 2.75) is 6.54 Å². The van der Waals surface area contributed by atoms with Crippen LogP contribution in [-0.2, 0) is 6.54 Å². The summed E-state index contributed by atoms with van der Waals surface area (Å²) in [6.45, 7) is 0.305. The van der Waals surface area contributed by atoms with Crippen LogP contribution in [0.25, 0.3) is 0 Å². The molecule has 0 fully saturated rings. The second kappa shape index (κ2) is 6.21. The SMILES string of the molecule is COc1cc(CN(C)C(=O)c2ccnc(F)c2)ccc1O. The topological polar surface area (TPSA) is 62.7 Å². The maximum atomic E-state index is 13.0. The van der Waals surface area contributed by atoms with Gasteiger partial charge in [0.1, 0.15) is 0 Å². The van der Waals surface area contributed by atoms with E-state index in [4.69, 9.17) is 4.74 Å². The van der Waals surface area contributed by atoms with Gasteiger partial charge in [0.25, 0.3) is 5.91 Å². The molecule has 0 saturated heterocycles. The minimum Gasteiger partial charge on any atom is -0.504 e. The van der Waals surface area contributed by atoms with Crippen molar-refractivity contribution in [3.05, 3.63) is 53.6 Å². The first-order valence-electron chi connectivity index (χ1n) is 6.24. The second-order valence-electron chi connectivity index (χ2n) is 4.53. The van der Waals surface area contributed by atoms with Crippen LogP contribution >= 0.6 is 0 Å². The highest BCUT2D eigenvalue weighted by Crippen LogP contribution is 2.26. The van der Waals surface area contributed by atoms with Crippen LogP contribution in [0.5, 0.6) is 11.5 Å². The molecule has 0 radical (unpaired) electrons. The Balaban J connectivity index is 2.14. The number of hydrogen-bond donors (Lipinski definition) is 1. The molecular formula is C15H15FN2O3. The molecule has 1 aromatic carbocycles. The first kappa shape index (κ1) is 14.8. The number of phenols is 1. The van der Waals surface area contributed by atoms with Crippen molar-refractivity contribution in [1.82, 2.24) is 9.88 Å². The fraction of sp³-hybridized carbons (Fsp3) is 0.200. The Kier molecular flexibility index (Phi) is 4.37. The molecule has 1 aromatic heterocycles. The number of hydrogen-bond acceptors (Lipinski definition) is 4. The summed E-state index contributed by atoms with van der Waals surface area (Å²) in [6, 6.07) is 7.38. The normalized spacial score (nSPS) is 10.2. The fourth-order valence-corrected chi connectivity index (χ4v) is 1.92. The zero-order valence-electron chi connectivity index (χ0n) is 11.7. The number of benzene rings is 1. The molecule has 0 unspecified atom stereocenters. The van der Waals surface area contributed by atoms with Crippen LogP contribution in [0.4, 0.5) is 4.39 Å². The number of ether oxygens (including phenoxy) is 1. The van der Waals surface area contributed by atoms with Gasteiger partial charge in [-0.3, -0.25) is 4.79 Å². The number of halogens is 1. The van der Waals surface area contributed by atoms with Crippen LogP contribution in [-0.4, -0.2) is 35.1 Å². The van der Waals surface area contributed by atoms with Crippen molar-refractivity contribution >= 4 is 5.91 Å². The zero-order chi connectivity index (χ0) is 15.4. The van der Waals surface area contributed by atoms with Crippen LogP contribution in [0.2, 0.25) is 0 Å². The molecular weight excluding hydrogens is 275 g/mol. The number of methoxy groups -OCH3 is 1. The summed E-state index contributed by atoms with van der Waals surface area (Å²) < 4.78 is 18.1. The Morgan fingerprint density at radius 3 is 2.81 bits per heavy atom. The van der Waals surface area contributed by atoms with Gasteiger partial charge in [-0.2, -0.15) is 4.39 Å². The van der Waals surface area contributed by atoms with Crippen molar-refractivity contribution in [3.63, 3.8) is 0 Å². The highest BCUT2D eigenvalue weighted by molar-refractivity contribution is 5.93. The molecule has 6 heteroatoms. The predicted molar refractivity (Wildman–Crippen MR) is 74.7 cm³/mol. The van der Waals surface area contributed by atoms with Crippen LogP contribution in [0.15, 0.2) is 36.5 Å². The molecule has 5 nitrogen and oxygen atoms in total. The molecule has 2 aromatic rings. The molecule has 110 valence electrons. The summed E-state index contributed by atoms with van der Waals surface area (Å²) in [5, 5.41) is 9.53. The third-order valence-corrected chi connectivity index (χ3v) is 2.98. The van der Waals surface area contributed by atoms with E-state index in [2.05, 4.69) is 4.98 Å². The van der Waals surface area contributed by atoms with E-state index in [1.165, 1.54) is 30.3 Å². The van der Waals surface area contributed by atoms with Crippen LogP contribution in [0, 0.1) is 5.95 Å². The number of pyridine rings is 1. The van der Waals surface area contributed by atoms with E-state index in [9.17, 15) is 14.3 Å². The summed E-state index contributed by atoms with van der Waals surface area (Å²) >= 11 is 0. The lowest BCUT2D eigenvalue weighted by Gasteiger charge is -2.18. The van der Waals surface area contributed by atoms with E-state index < -0.39 is 5.95 Å². The standard InChI is InChI=1S/C15H15FN2O3/c1-18(15(20)11-5-6-17-14(16)8-11)9-10-3-4-12(19)13(7-10)21-2/h3-8,19H,9H2,1-2H3. The quantitative estimate of drug-likeness (QED) is 0.877. The monoisotopic (exact) mass is 290 g/mol. The van der Waals surface area contributed by atoms with E-state index in [-0.39, 0.29) is 17.2 Å². The summed E-state index contributed by atoms with van der Waals surface area (Å²) in [5.74, 6) is -0.640. The number of carbonyl (C=O) groups excluding carboxylic acids is 1. The maximum absolute atomic E-state index is 13.0. The van der Waals surface area contributed by atoms with Gasteiger partial charge in [0.2, 0.25) is 5.95 Å². The van der Waals surface area contributed by atoms with Gasteiger partial charge >= 0.3 is 0 Å². The number of carbonyl (C=O) groups is 1. The first-order valence-corrected chi connectivity index (χ1v) is 6.24. The highest BCUT2D eigenvalue weighted by atomic mass is 19.1. The lowest BCUT2D eigenvalue weighted by atomic mass is 10.1. The van der Waals surface area contributed by atoms with Crippen molar-refractivity contribution in [2.24, 2.45) is 0 Å². The van der Waals surface area contributed by atoms with Gasteiger partial charge in [-0.05, 0) is 23.8 Å². The highest BCUT2D eigenvalue weighted by Gasteiger charge is 2.14. The average Bonchev–Trinajstić information content (AvgIpc) is 2.48. The van der Waals surface area contributed by atoms with Gasteiger partial charge in [0.05, 0.1) is 7.11 Å². The molecule has 0 aliphatic heterocycles. The fourth-order valence-electron chi connectivity index (χ4n) is 1.92. The smallest absolute Gasteiger partial charge is 0.254 e. The van der Waals surface area contributed by atoms with Crippen molar-refractivity contribution in [2.75, 3.05) is 14.2 Å². The Morgan fingerprint density at radius 2 is 2.14 bits per heavy atom. The third-order valence-electron chi connectivity index (χ3n) is 2.98. The lowest BCUT2D eigenvalue weighted by Crippen LogP contribution is -2.26. The number of aromatic hydroxyl groups is 1. The van der Waals surface area contributed by atoms with Gasteiger partial charge in [-0.1, -0.05) is 6.07 Å². The molecule has 1 amide bonds. The maximum Gasteiger partial charge on any atom is 0.254 e. The molecule has 0 aliphatic carbocycles. The largest absolute Gasteiger partial charge is 0.504 e. The summed E-state index contributed by atoms with van der Waals surface area (Å²) in [4.78, 5) is 17.0. The summed E-state index contributed by atoms with van der Waals surface area (Å²) in [7, 11) is 3.06. The van der Waals surface area contributed by atoms with Crippen LogP contribution in [0.1, 0.15) is 15.9 Å². The molecule has 0 atom stereocenters. The molecule has 0 bridgehead atoms. The van der Waals surface area contributed by atoms with Crippen molar-refractivity contribution in [3.8, 4) is 11.5 Å². The van der Waals surface area contributed by atoms with E-state index in [1.54, 1.807) is 19.2 Å². The van der Waals surface area contributed by atoms with Crippen LogP contribution < -0.4 is 4.74 Å². The molecule has 0 aliphatic rings. The zero-order valence-corrected chi connectivity index (χ0v) is 11.7. The Labute approximate surface area is 121 Å². The van der Waals surface area contributed by atoms with Crippen molar-refractivity contribution < 1.29 is 19.0 Å². The van der Waals surface area contributed by atoms with Crippen molar-refractivity contribution in [1.29, 1.82) is 0 Å². The minimum atomic E-state index is -0.694. The average molecular weight is 290 g/mol. The number of amides is 1. The van der Waals surface area contributed by atoms with E-state index in [0.717, 1.165) is 11.6 Å². The van der Waals surface area contributed by atoms with Gasteiger partial charge in [-0.25, -0.2) is 4.98 Å². The summed E-state index contributed by atoms with van der Waals surface area (Å²) in [6.07, 6.45) is 1.25. The number of phenolic OH excluding ortho intramolecular Hbond substituents is 1. The van der Waals surface area contributed by atoms with E-state index >= 15 is 0 Å². The second-order valence-corrected chi connectivity index (χ2v) is 4.53. The predicted octanol–water partition coefficient (Wildman–Crippen LogP) is 2.21. The number of aromatic nitrogens is 1. The van der Waals surface area contributed by atoms with Gasteiger partial charge in [0, 0.05) is 31.4 Å². The first-order chi connectivity index (χ1) is 10.0. The van der Waals surface area contributed by atoms with Gasteiger partial charge in [-0.15, -0.1) is 0 Å². The minimum absolute atomic E-state index is 0.0337. The number of nitrogens with zero attached hydrogens (tertiary/aromatic N) is 2. The van der Waals surface area contributed by atoms with Crippen LogP contribution in [0.3, 0.4) is 0 Å². The Hall–Kier alpha value is -2.63. The van der Waals surface area contributed by atoms with Gasteiger partial charge < -0.3 is 14.7 Å². The molecule has 2 rings (SSSR count). The summed E-state index contributed by atoms with van der Waals surface area (Å²) in [5.41, 5.74) is 1.02. The molecule has 0 spiro atoms. The number of rotatable bonds is 4. The molecule has 21 heavy (non-hydrogen) atoms.